The van der Waals surface area contributed by atoms with Gasteiger partial charge >= 0.3 is 6.09 Å². The van der Waals surface area contributed by atoms with E-state index in [0.717, 1.165) is 12.0 Å². The summed E-state index contributed by atoms with van der Waals surface area (Å²) in [5.41, 5.74) is 0.344. The number of carbonyl (C=O) groups excluding carboxylic acids is 1. The van der Waals surface area contributed by atoms with Crippen LogP contribution in [0.2, 0.25) is 0 Å². The van der Waals surface area contributed by atoms with Crippen molar-refractivity contribution in [1.29, 1.82) is 0 Å². The van der Waals surface area contributed by atoms with Gasteiger partial charge in [-0.3, -0.25) is 4.90 Å². The van der Waals surface area contributed by atoms with Crippen LogP contribution in [0.15, 0.2) is 30.3 Å². The lowest BCUT2D eigenvalue weighted by molar-refractivity contribution is -0.0558. The minimum Gasteiger partial charge on any atom is -0.444 e. The molecule has 20 heavy (non-hydrogen) atoms. The molecule has 3 rings (SSSR count). The summed E-state index contributed by atoms with van der Waals surface area (Å²) >= 11 is 0. The van der Waals surface area contributed by atoms with Crippen molar-refractivity contribution < 1.29 is 14.3 Å². The number of amides is 1. The molecule has 2 saturated heterocycles. The molecule has 0 aliphatic carbocycles. The Hall–Kier alpha value is -1.55. The third-order valence-electron chi connectivity index (χ3n) is 3.91. The maximum atomic E-state index is 12.3. The van der Waals surface area contributed by atoms with Crippen LogP contribution in [-0.2, 0) is 15.1 Å². The van der Waals surface area contributed by atoms with E-state index in [1.807, 2.05) is 43.9 Å². The standard InChI is InChI=1S/C16H21NO3/c1-15(2,3)20-14(18)17-11-16(9-13(17)10-19-16)12-7-5-4-6-8-12/h4-8,13H,9-11H2,1-3H3/t13?,16-/m0/s1. The maximum Gasteiger partial charge on any atom is 0.410 e. The summed E-state index contributed by atoms with van der Waals surface area (Å²) in [6.45, 7) is 6.85. The largest absolute Gasteiger partial charge is 0.444 e. The van der Waals surface area contributed by atoms with Crippen molar-refractivity contribution in [3.8, 4) is 0 Å². The number of benzene rings is 1. The molecule has 4 heteroatoms. The predicted molar refractivity (Wildman–Crippen MR) is 75.4 cm³/mol. The van der Waals surface area contributed by atoms with Gasteiger partial charge in [0, 0.05) is 6.42 Å². The Morgan fingerprint density at radius 2 is 2.05 bits per heavy atom. The van der Waals surface area contributed by atoms with Gasteiger partial charge in [0.05, 0.1) is 19.2 Å². The highest BCUT2D eigenvalue weighted by Gasteiger charge is 2.54. The number of hydrogen-bond acceptors (Lipinski definition) is 3. The number of rotatable bonds is 1. The van der Waals surface area contributed by atoms with Gasteiger partial charge in [0.15, 0.2) is 0 Å². The summed E-state index contributed by atoms with van der Waals surface area (Å²) in [4.78, 5) is 14.1. The molecule has 2 aliphatic heterocycles. The highest BCUT2D eigenvalue weighted by Crippen LogP contribution is 2.45. The van der Waals surface area contributed by atoms with Crippen LogP contribution in [0.1, 0.15) is 32.8 Å². The highest BCUT2D eigenvalue weighted by atomic mass is 16.6. The van der Waals surface area contributed by atoms with Gasteiger partial charge in [0.25, 0.3) is 0 Å². The van der Waals surface area contributed by atoms with Crippen molar-refractivity contribution in [2.45, 2.75) is 44.4 Å². The monoisotopic (exact) mass is 275 g/mol. The zero-order valence-corrected chi connectivity index (χ0v) is 12.3. The molecule has 1 unspecified atom stereocenters. The maximum absolute atomic E-state index is 12.3. The van der Waals surface area contributed by atoms with Crippen molar-refractivity contribution >= 4 is 6.09 Å². The van der Waals surface area contributed by atoms with E-state index < -0.39 is 5.60 Å². The van der Waals surface area contributed by atoms with Gasteiger partial charge in [-0.1, -0.05) is 30.3 Å². The van der Waals surface area contributed by atoms with E-state index in [1.165, 1.54) is 0 Å². The molecule has 1 aromatic rings. The molecule has 1 amide bonds. The van der Waals surface area contributed by atoms with Crippen molar-refractivity contribution in [3.63, 3.8) is 0 Å². The molecule has 0 saturated carbocycles. The molecule has 2 fully saturated rings. The first kappa shape index (κ1) is 13.4. The molecule has 1 aromatic carbocycles. The average Bonchev–Trinajstić information content (AvgIpc) is 2.97. The third-order valence-corrected chi connectivity index (χ3v) is 3.91. The highest BCUT2D eigenvalue weighted by molar-refractivity contribution is 5.69. The second-order valence-corrected chi connectivity index (χ2v) is 6.64. The second kappa shape index (κ2) is 4.48. The first-order valence-corrected chi connectivity index (χ1v) is 7.09. The van der Waals surface area contributed by atoms with Gasteiger partial charge in [0.2, 0.25) is 0 Å². The van der Waals surface area contributed by atoms with E-state index in [4.69, 9.17) is 9.47 Å². The van der Waals surface area contributed by atoms with Crippen molar-refractivity contribution in [1.82, 2.24) is 4.90 Å². The van der Waals surface area contributed by atoms with Gasteiger partial charge in [-0.15, -0.1) is 0 Å². The molecule has 0 spiro atoms. The van der Waals surface area contributed by atoms with Crippen LogP contribution in [0, 0.1) is 0 Å². The number of hydrogen-bond donors (Lipinski definition) is 0. The number of nitrogens with zero attached hydrogens (tertiary/aromatic N) is 1. The quantitative estimate of drug-likeness (QED) is 0.791. The molecule has 0 N–H and O–H groups in total. The summed E-state index contributed by atoms with van der Waals surface area (Å²) in [6, 6.07) is 10.3. The van der Waals surface area contributed by atoms with Gasteiger partial charge in [0.1, 0.15) is 11.2 Å². The van der Waals surface area contributed by atoms with Crippen LogP contribution in [0.5, 0.6) is 0 Å². The summed E-state index contributed by atoms with van der Waals surface area (Å²) in [6.07, 6.45) is 0.625. The molecule has 108 valence electrons. The number of fused-ring (bicyclic) bond motifs is 2. The SMILES string of the molecule is CC(C)(C)OC(=O)N1C[C@]2(c3ccccc3)CC1CO2. The smallest absolute Gasteiger partial charge is 0.410 e. The molecule has 2 aliphatic rings. The Bertz CT molecular complexity index is 508. The molecule has 0 radical (unpaired) electrons. The fourth-order valence-electron chi connectivity index (χ4n) is 3.04. The van der Waals surface area contributed by atoms with Gasteiger partial charge in [-0.2, -0.15) is 0 Å². The fourth-order valence-corrected chi connectivity index (χ4v) is 3.04. The van der Waals surface area contributed by atoms with E-state index >= 15 is 0 Å². The van der Waals surface area contributed by atoms with Gasteiger partial charge in [-0.25, -0.2) is 4.79 Å². The summed E-state index contributed by atoms with van der Waals surface area (Å²) in [5, 5.41) is 0. The fraction of sp³-hybridized carbons (Fsp3) is 0.562. The van der Waals surface area contributed by atoms with Gasteiger partial charge < -0.3 is 9.47 Å². The van der Waals surface area contributed by atoms with Crippen LogP contribution in [0.3, 0.4) is 0 Å². The van der Waals surface area contributed by atoms with Crippen LogP contribution in [0.25, 0.3) is 0 Å². The summed E-state index contributed by atoms with van der Waals surface area (Å²) in [5.74, 6) is 0. The Morgan fingerprint density at radius 3 is 2.70 bits per heavy atom. The number of carbonyl (C=O) groups is 1. The lowest BCUT2D eigenvalue weighted by Crippen LogP contribution is -2.46. The number of ether oxygens (including phenoxy) is 2. The minimum atomic E-state index is -0.459. The summed E-state index contributed by atoms with van der Waals surface area (Å²) < 4.78 is 11.5. The normalized spacial score (nSPS) is 28.8. The number of likely N-dealkylation sites (tertiary alicyclic amines) is 1. The Labute approximate surface area is 119 Å². The van der Waals surface area contributed by atoms with E-state index in [2.05, 4.69) is 12.1 Å². The van der Waals surface area contributed by atoms with Crippen molar-refractivity contribution in [2.24, 2.45) is 0 Å². The second-order valence-electron chi connectivity index (χ2n) is 6.64. The minimum absolute atomic E-state index is 0.130. The first-order valence-electron chi connectivity index (χ1n) is 7.09. The molecule has 2 atom stereocenters. The van der Waals surface area contributed by atoms with E-state index in [0.29, 0.717) is 13.2 Å². The summed E-state index contributed by atoms with van der Waals surface area (Å²) in [7, 11) is 0. The van der Waals surface area contributed by atoms with E-state index in [9.17, 15) is 4.79 Å². The van der Waals surface area contributed by atoms with Crippen LogP contribution < -0.4 is 0 Å². The Morgan fingerprint density at radius 1 is 1.35 bits per heavy atom. The first-order chi connectivity index (χ1) is 9.40. The zero-order chi connectivity index (χ0) is 14.4. The topological polar surface area (TPSA) is 38.8 Å². The molecule has 4 nitrogen and oxygen atoms in total. The van der Waals surface area contributed by atoms with Gasteiger partial charge in [-0.05, 0) is 26.3 Å². The van der Waals surface area contributed by atoms with Crippen LogP contribution in [-0.4, -0.2) is 35.8 Å². The molecular weight excluding hydrogens is 254 g/mol. The third kappa shape index (κ3) is 2.29. The van der Waals surface area contributed by atoms with Crippen molar-refractivity contribution in [2.75, 3.05) is 13.2 Å². The van der Waals surface area contributed by atoms with Crippen LogP contribution in [0.4, 0.5) is 4.79 Å². The molecular formula is C16H21NO3. The lowest BCUT2D eigenvalue weighted by atomic mass is 9.93. The van der Waals surface area contributed by atoms with Crippen molar-refractivity contribution in [3.05, 3.63) is 35.9 Å². The molecule has 0 aromatic heterocycles. The average molecular weight is 275 g/mol. The Kier molecular flexibility index (Phi) is 3.01. The van der Waals surface area contributed by atoms with E-state index in [-0.39, 0.29) is 17.7 Å². The number of morpholine rings is 1. The Balaban J connectivity index is 1.79. The lowest BCUT2D eigenvalue weighted by Gasteiger charge is -2.34. The zero-order valence-electron chi connectivity index (χ0n) is 12.3. The molecule has 2 heterocycles. The van der Waals surface area contributed by atoms with E-state index in [1.54, 1.807) is 0 Å². The van der Waals surface area contributed by atoms with Crippen LogP contribution >= 0.6 is 0 Å². The molecule has 2 bridgehead atoms. The predicted octanol–water partition coefficient (Wildman–Crippen LogP) is 2.92.